The Hall–Kier alpha value is -0.970. The molecule has 1 fully saturated rings. The first kappa shape index (κ1) is 22.1. The van der Waals surface area contributed by atoms with Crippen molar-refractivity contribution in [3.05, 3.63) is 28.8 Å². The highest BCUT2D eigenvalue weighted by Gasteiger charge is 2.21. The van der Waals surface area contributed by atoms with Gasteiger partial charge in [0.1, 0.15) is 5.75 Å². The summed E-state index contributed by atoms with van der Waals surface area (Å²) < 4.78 is 5.73. The molecule has 1 aromatic rings. The van der Waals surface area contributed by atoms with Crippen LogP contribution in [0, 0.1) is 18.8 Å². The molecule has 4 nitrogen and oxygen atoms in total. The van der Waals surface area contributed by atoms with Gasteiger partial charge in [0.25, 0.3) is 0 Å². The van der Waals surface area contributed by atoms with Gasteiger partial charge in [-0.15, -0.1) is 12.4 Å². The number of benzene rings is 1. The Morgan fingerprint density at radius 3 is 2.96 bits per heavy atom. The molecule has 0 spiro atoms. The Labute approximate surface area is 162 Å². The molecule has 0 aliphatic carbocycles. The molecule has 1 saturated heterocycles. The molecule has 2 atom stereocenters. The zero-order valence-corrected chi connectivity index (χ0v) is 16.7. The second-order valence-corrected chi connectivity index (χ2v) is 7.19. The molecular formula is C19H30Cl2N2O2. The van der Waals surface area contributed by atoms with Crippen LogP contribution in [-0.2, 0) is 4.79 Å². The number of rotatable bonds is 8. The number of amides is 1. The van der Waals surface area contributed by atoms with Gasteiger partial charge in [-0.3, -0.25) is 4.79 Å². The molecule has 1 aliphatic rings. The summed E-state index contributed by atoms with van der Waals surface area (Å²) in [6.07, 6.45) is 3.87. The van der Waals surface area contributed by atoms with E-state index in [1.54, 1.807) is 0 Å². The summed E-state index contributed by atoms with van der Waals surface area (Å²) in [5.41, 5.74) is 1.03. The lowest BCUT2D eigenvalue weighted by Gasteiger charge is -2.28. The van der Waals surface area contributed by atoms with Crippen molar-refractivity contribution in [2.45, 2.75) is 39.5 Å². The molecule has 25 heavy (non-hydrogen) atoms. The molecule has 2 rings (SSSR count). The lowest BCUT2D eigenvalue weighted by atomic mass is 9.85. The first-order chi connectivity index (χ1) is 11.6. The largest absolute Gasteiger partial charge is 0.493 e. The number of hydrogen-bond donors (Lipinski definition) is 2. The van der Waals surface area contributed by atoms with Crippen LogP contribution in [0.2, 0.25) is 5.02 Å². The molecule has 1 aromatic carbocycles. The molecule has 0 bridgehead atoms. The van der Waals surface area contributed by atoms with Gasteiger partial charge >= 0.3 is 0 Å². The van der Waals surface area contributed by atoms with E-state index >= 15 is 0 Å². The van der Waals surface area contributed by atoms with E-state index in [2.05, 4.69) is 17.6 Å². The van der Waals surface area contributed by atoms with Crippen molar-refractivity contribution >= 4 is 29.9 Å². The number of halogens is 2. The van der Waals surface area contributed by atoms with Crippen molar-refractivity contribution in [3.63, 3.8) is 0 Å². The average Bonchev–Trinajstić information content (AvgIpc) is 2.57. The summed E-state index contributed by atoms with van der Waals surface area (Å²) >= 11 is 5.93. The van der Waals surface area contributed by atoms with Gasteiger partial charge in [-0.05, 0) is 74.9 Å². The van der Waals surface area contributed by atoms with Crippen molar-refractivity contribution in [3.8, 4) is 5.75 Å². The number of nitrogens with one attached hydrogen (secondary N) is 2. The predicted octanol–water partition coefficient (Wildman–Crippen LogP) is 3.98. The van der Waals surface area contributed by atoms with Crippen molar-refractivity contribution in [1.29, 1.82) is 0 Å². The van der Waals surface area contributed by atoms with Crippen LogP contribution in [0.25, 0.3) is 0 Å². The number of aryl methyl sites for hydroxylation is 1. The lowest BCUT2D eigenvalue weighted by Crippen LogP contribution is -2.35. The molecule has 0 aromatic heterocycles. The predicted molar refractivity (Wildman–Crippen MR) is 106 cm³/mol. The molecule has 2 N–H and O–H groups in total. The Morgan fingerprint density at radius 1 is 1.48 bits per heavy atom. The highest BCUT2D eigenvalue weighted by Crippen LogP contribution is 2.23. The van der Waals surface area contributed by atoms with Gasteiger partial charge in [0.2, 0.25) is 5.91 Å². The third-order valence-electron chi connectivity index (χ3n) is 4.68. The number of carbonyl (C=O) groups excluding carboxylic acids is 1. The second kappa shape index (κ2) is 11.6. The SMILES string of the molecule is Cc1cc(Cl)ccc1OCCCNC(=O)CC(C)C1CCCNC1.Cl. The molecule has 1 heterocycles. The Morgan fingerprint density at radius 2 is 2.28 bits per heavy atom. The first-order valence-electron chi connectivity index (χ1n) is 8.92. The summed E-state index contributed by atoms with van der Waals surface area (Å²) in [4.78, 5) is 12.0. The maximum Gasteiger partial charge on any atom is 0.220 e. The van der Waals surface area contributed by atoms with E-state index < -0.39 is 0 Å². The summed E-state index contributed by atoms with van der Waals surface area (Å²) in [5, 5.41) is 7.14. The highest BCUT2D eigenvalue weighted by atomic mass is 35.5. The van der Waals surface area contributed by atoms with E-state index in [9.17, 15) is 4.79 Å². The van der Waals surface area contributed by atoms with E-state index in [4.69, 9.17) is 16.3 Å². The third-order valence-corrected chi connectivity index (χ3v) is 4.92. The zero-order valence-electron chi connectivity index (χ0n) is 15.1. The fourth-order valence-corrected chi connectivity index (χ4v) is 3.38. The van der Waals surface area contributed by atoms with Crippen LogP contribution in [0.1, 0.15) is 38.2 Å². The summed E-state index contributed by atoms with van der Waals surface area (Å²) in [7, 11) is 0. The van der Waals surface area contributed by atoms with Crippen LogP contribution in [0.4, 0.5) is 0 Å². The summed E-state index contributed by atoms with van der Waals surface area (Å²) in [6.45, 7) is 7.56. The van der Waals surface area contributed by atoms with Gasteiger partial charge in [-0.2, -0.15) is 0 Å². The molecule has 2 unspecified atom stereocenters. The van der Waals surface area contributed by atoms with Gasteiger partial charge in [-0.25, -0.2) is 0 Å². The standard InChI is InChI=1S/C19H29ClN2O2.ClH/c1-14(16-5-3-8-21-13-16)12-19(23)22-9-4-10-24-18-7-6-17(20)11-15(18)2;/h6-7,11,14,16,21H,3-5,8-10,12-13H2,1-2H3,(H,22,23);1H. The normalized spacial score (nSPS) is 18.1. The molecule has 142 valence electrons. The Bertz CT molecular complexity index is 534. The number of ether oxygens (including phenoxy) is 1. The smallest absolute Gasteiger partial charge is 0.220 e. The van der Waals surface area contributed by atoms with Gasteiger partial charge in [0.05, 0.1) is 6.61 Å². The van der Waals surface area contributed by atoms with E-state index in [0.29, 0.717) is 31.4 Å². The van der Waals surface area contributed by atoms with Gasteiger partial charge in [0, 0.05) is 18.0 Å². The van der Waals surface area contributed by atoms with Crippen molar-refractivity contribution in [2.24, 2.45) is 11.8 Å². The van der Waals surface area contributed by atoms with E-state index in [-0.39, 0.29) is 18.3 Å². The topological polar surface area (TPSA) is 50.4 Å². The first-order valence-corrected chi connectivity index (χ1v) is 9.30. The molecular weight excluding hydrogens is 359 g/mol. The molecule has 6 heteroatoms. The van der Waals surface area contributed by atoms with Gasteiger partial charge < -0.3 is 15.4 Å². The third kappa shape index (κ3) is 7.85. The lowest BCUT2D eigenvalue weighted by molar-refractivity contribution is -0.122. The van der Waals surface area contributed by atoms with Crippen molar-refractivity contribution in [1.82, 2.24) is 10.6 Å². The van der Waals surface area contributed by atoms with Gasteiger partial charge in [-0.1, -0.05) is 18.5 Å². The molecule has 0 radical (unpaired) electrons. The highest BCUT2D eigenvalue weighted by molar-refractivity contribution is 6.30. The molecule has 0 saturated carbocycles. The van der Waals surface area contributed by atoms with E-state index in [1.807, 2.05) is 25.1 Å². The average molecular weight is 389 g/mol. The zero-order chi connectivity index (χ0) is 17.4. The maximum atomic E-state index is 12.0. The van der Waals surface area contributed by atoms with E-state index in [0.717, 1.165) is 35.8 Å². The van der Waals surface area contributed by atoms with Crippen LogP contribution >= 0.6 is 24.0 Å². The molecule has 1 amide bonds. The van der Waals surface area contributed by atoms with E-state index in [1.165, 1.54) is 12.8 Å². The van der Waals surface area contributed by atoms with Crippen LogP contribution in [0.5, 0.6) is 5.75 Å². The minimum atomic E-state index is 0. The van der Waals surface area contributed by atoms with Crippen LogP contribution in [-0.4, -0.2) is 32.1 Å². The maximum absolute atomic E-state index is 12.0. The second-order valence-electron chi connectivity index (χ2n) is 6.75. The van der Waals surface area contributed by atoms with Crippen LogP contribution in [0.15, 0.2) is 18.2 Å². The Balaban J connectivity index is 0.00000312. The number of carbonyl (C=O) groups is 1. The number of hydrogen-bond acceptors (Lipinski definition) is 3. The minimum Gasteiger partial charge on any atom is -0.493 e. The number of piperidine rings is 1. The summed E-state index contributed by atoms with van der Waals surface area (Å²) in [5.74, 6) is 2.06. The van der Waals surface area contributed by atoms with Gasteiger partial charge in [0.15, 0.2) is 0 Å². The molecule has 1 aliphatic heterocycles. The Kier molecular flexibility index (Phi) is 10.2. The van der Waals surface area contributed by atoms with Crippen LogP contribution in [0.3, 0.4) is 0 Å². The quantitative estimate of drug-likeness (QED) is 0.662. The minimum absolute atomic E-state index is 0. The monoisotopic (exact) mass is 388 g/mol. The van der Waals surface area contributed by atoms with Crippen molar-refractivity contribution in [2.75, 3.05) is 26.2 Å². The summed E-state index contributed by atoms with van der Waals surface area (Å²) in [6, 6.07) is 5.60. The fraction of sp³-hybridized carbons (Fsp3) is 0.632. The van der Waals surface area contributed by atoms with Crippen molar-refractivity contribution < 1.29 is 9.53 Å². The fourth-order valence-electron chi connectivity index (χ4n) is 3.15. The van der Waals surface area contributed by atoms with Crippen LogP contribution < -0.4 is 15.4 Å².